The van der Waals surface area contributed by atoms with Gasteiger partial charge in [0.05, 0.1) is 5.56 Å². The van der Waals surface area contributed by atoms with Gasteiger partial charge in [0, 0.05) is 45.5 Å². The zero-order valence-electron chi connectivity index (χ0n) is 20.9. The SMILES string of the molecule is CCNC(=O)/C(C#N)=C/c1c(N2CCN(Cc3ccc4c(c3)OCO4)CC2)nc2c(C)cccn2c1=O. The Kier molecular flexibility index (Phi) is 6.79. The van der Waals surface area contributed by atoms with Gasteiger partial charge in [-0.3, -0.25) is 18.9 Å². The molecule has 0 unspecified atom stereocenters. The molecule has 2 aliphatic heterocycles. The largest absolute Gasteiger partial charge is 0.454 e. The summed E-state index contributed by atoms with van der Waals surface area (Å²) in [5.74, 6) is 1.50. The van der Waals surface area contributed by atoms with Gasteiger partial charge in [0.1, 0.15) is 23.1 Å². The number of carbonyl (C=O) groups is 1. The monoisotopic (exact) mass is 500 g/mol. The van der Waals surface area contributed by atoms with Crippen LogP contribution in [0.5, 0.6) is 11.5 Å². The minimum Gasteiger partial charge on any atom is -0.454 e. The number of likely N-dealkylation sites (N-methyl/N-ethyl adjacent to an activating group) is 1. The highest BCUT2D eigenvalue weighted by Crippen LogP contribution is 2.33. The molecule has 3 aromatic rings. The molecule has 1 saturated heterocycles. The summed E-state index contributed by atoms with van der Waals surface area (Å²) in [5.41, 5.74) is 2.34. The number of anilines is 1. The van der Waals surface area contributed by atoms with E-state index in [-0.39, 0.29) is 23.5 Å². The van der Waals surface area contributed by atoms with Crippen LogP contribution in [-0.4, -0.2) is 59.7 Å². The Labute approximate surface area is 214 Å². The van der Waals surface area contributed by atoms with E-state index in [1.165, 1.54) is 10.5 Å². The van der Waals surface area contributed by atoms with E-state index in [4.69, 9.17) is 14.5 Å². The van der Waals surface area contributed by atoms with Crippen molar-refractivity contribution in [3.63, 3.8) is 0 Å². The summed E-state index contributed by atoms with van der Waals surface area (Å²) in [7, 11) is 0. The molecule has 0 aliphatic carbocycles. The molecule has 0 spiro atoms. The van der Waals surface area contributed by atoms with Gasteiger partial charge < -0.3 is 19.7 Å². The highest BCUT2D eigenvalue weighted by molar-refractivity contribution is 6.02. The molecular formula is C27H28N6O4. The van der Waals surface area contributed by atoms with E-state index in [2.05, 4.69) is 15.1 Å². The standard InChI is InChI=1S/C27H28N6O4/c1-3-29-26(34)20(15-28)14-21-25(30-24-18(2)5-4-8-33(24)27(21)35)32-11-9-31(10-12-32)16-19-6-7-22-23(13-19)37-17-36-22/h4-8,13-14H,3,9-12,16-17H2,1-2H3,(H,29,34)/b20-14+. The number of nitrogens with zero attached hydrogens (tertiary/aromatic N) is 5. The van der Waals surface area contributed by atoms with Gasteiger partial charge >= 0.3 is 0 Å². The van der Waals surface area contributed by atoms with Crippen molar-refractivity contribution in [3.05, 3.63) is 69.1 Å². The maximum atomic E-state index is 13.6. The summed E-state index contributed by atoms with van der Waals surface area (Å²) in [6.07, 6.45) is 3.02. The van der Waals surface area contributed by atoms with Crippen molar-refractivity contribution in [2.75, 3.05) is 44.4 Å². The third-order valence-electron chi connectivity index (χ3n) is 6.57. The Hall–Kier alpha value is -4.36. The topological polar surface area (TPSA) is 112 Å². The van der Waals surface area contributed by atoms with Crippen molar-refractivity contribution in [3.8, 4) is 17.6 Å². The molecule has 4 heterocycles. The molecule has 37 heavy (non-hydrogen) atoms. The first-order chi connectivity index (χ1) is 18.0. The number of pyridine rings is 1. The van der Waals surface area contributed by atoms with Gasteiger partial charge in [0.2, 0.25) is 6.79 Å². The Morgan fingerprint density at radius 3 is 2.73 bits per heavy atom. The van der Waals surface area contributed by atoms with Crippen LogP contribution in [0.15, 0.2) is 46.9 Å². The number of nitriles is 1. The molecule has 2 aliphatic rings. The van der Waals surface area contributed by atoms with Gasteiger partial charge in [-0.2, -0.15) is 5.26 Å². The van der Waals surface area contributed by atoms with Gasteiger partial charge in [-0.15, -0.1) is 0 Å². The van der Waals surface area contributed by atoms with Gasteiger partial charge in [-0.1, -0.05) is 12.1 Å². The zero-order valence-corrected chi connectivity index (χ0v) is 20.9. The number of aromatic nitrogens is 2. The van der Waals surface area contributed by atoms with Crippen LogP contribution in [0.1, 0.15) is 23.6 Å². The third-order valence-corrected chi connectivity index (χ3v) is 6.57. The van der Waals surface area contributed by atoms with E-state index in [1.54, 1.807) is 19.2 Å². The summed E-state index contributed by atoms with van der Waals surface area (Å²) >= 11 is 0. The molecule has 1 fully saturated rings. The number of hydrogen-bond donors (Lipinski definition) is 1. The number of fused-ring (bicyclic) bond motifs is 2. The lowest BCUT2D eigenvalue weighted by Gasteiger charge is -2.36. The van der Waals surface area contributed by atoms with Crippen LogP contribution in [0.25, 0.3) is 11.7 Å². The number of rotatable bonds is 6. The van der Waals surface area contributed by atoms with Crippen molar-refractivity contribution in [1.29, 1.82) is 5.26 Å². The Morgan fingerprint density at radius 1 is 1.19 bits per heavy atom. The number of nitrogens with one attached hydrogen (secondary N) is 1. The van der Waals surface area contributed by atoms with E-state index in [0.29, 0.717) is 31.1 Å². The molecule has 0 radical (unpaired) electrons. The van der Waals surface area contributed by atoms with Crippen LogP contribution >= 0.6 is 0 Å². The number of ether oxygens (including phenoxy) is 2. The lowest BCUT2D eigenvalue weighted by Crippen LogP contribution is -2.47. The Morgan fingerprint density at radius 2 is 1.97 bits per heavy atom. The van der Waals surface area contributed by atoms with Crippen LogP contribution in [0, 0.1) is 18.3 Å². The van der Waals surface area contributed by atoms with Crippen LogP contribution < -0.4 is 25.2 Å². The predicted octanol–water partition coefficient (Wildman–Crippen LogP) is 2.10. The van der Waals surface area contributed by atoms with Gasteiger partial charge in [0.15, 0.2) is 11.5 Å². The minimum absolute atomic E-state index is 0.129. The highest BCUT2D eigenvalue weighted by atomic mass is 16.7. The average molecular weight is 501 g/mol. The highest BCUT2D eigenvalue weighted by Gasteiger charge is 2.24. The zero-order chi connectivity index (χ0) is 25.9. The Bertz CT molecular complexity index is 1480. The van der Waals surface area contributed by atoms with Gasteiger partial charge in [-0.25, -0.2) is 4.98 Å². The fourth-order valence-electron chi connectivity index (χ4n) is 4.63. The summed E-state index contributed by atoms with van der Waals surface area (Å²) in [5, 5.41) is 12.3. The normalized spacial score (nSPS) is 15.6. The summed E-state index contributed by atoms with van der Waals surface area (Å²) in [6, 6.07) is 11.6. The minimum atomic E-state index is -0.516. The van der Waals surface area contributed by atoms with Crippen molar-refractivity contribution in [2.24, 2.45) is 0 Å². The smallest absolute Gasteiger partial charge is 0.267 e. The third kappa shape index (κ3) is 4.86. The molecule has 0 atom stereocenters. The van der Waals surface area contributed by atoms with E-state index in [1.807, 2.05) is 37.3 Å². The molecule has 1 amide bonds. The second-order valence-corrected chi connectivity index (χ2v) is 9.02. The summed E-state index contributed by atoms with van der Waals surface area (Å²) in [6.45, 7) is 7.87. The van der Waals surface area contributed by atoms with Crippen molar-refractivity contribution in [1.82, 2.24) is 19.6 Å². The van der Waals surface area contributed by atoms with Crippen LogP contribution in [0.4, 0.5) is 5.82 Å². The van der Waals surface area contributed by atoms with E-state index < -0.39 is 5.91 Å². The molecule has 1 aromatic carbocycles. The van der Waals surface area contributed by atoms with E-state index in [0.717, 1.165) is 42.3 Å². The van der Waals surface area contributed by atoms with E-state index >= 15 is 0 Å². The predicted molar refractivity (Wildman–Crippen MR) is 139 cm³/mol. The number of benzene rings is 1. The first kappa shape index (κ1) is 24.3. The van der Waals surface area contributed by atoms with Crippen molar-refractivity contribution < 1.29 is 14.3 Å². The molecule has 0 bridgehead atoms. The first-order valence-electron chi connectivity index (χ1n) is 12.3. The van der Waals surface area contributed by atoms with Gasteiger partial charge in [0.25, 0.3) is 11.5 Å². The van der Waals surface area contributed by atoms with Crippen LogP contribution in [0.3, 0.4) is 0 Å². The van der Waals surface area contributed by atoms with Gasteiger partial charge in [-0.05, 0) is 49.2 Å². The van der Waals surface area contributed by atoms with Crippen molar-refractivity contribution in [2.45, 2.75) is 20.4 Å². The van der Waals surface area contributed by atoms with Crippen LogP contribution in [-0.2, 0) is 11.3 Å². The number of piperazine rings is 1. The summed E-state index contributed by atoms with van der Waals surface area (Å²) < 4.78 is 12.4. The number of carbonyl (C=O) groups excluding carboxylic acids is 1. The number of hydrogen-bond acceptors (Lipinski definition) is 8. The molecule has 0 saturated carbocycles. The van der Waals surface area contributed by atoms with E-state index in [9.17, 15) is 14.9 Å². The number of amides is 1. The second-order valence-electron chi connectivity index (χ2n) is 9.02. The average Bonchev–Trinajstić information content (AvgIpc) is 3.37. The fourth-order valence-corrected chi connectivity index (χ4v) is 4.63. The molecule has 10 heteroatoms. The quantitative estimate of drug-likeness (QED) is 0.405. The number of aryl methyl sites for hydroxylation is 1. The molecule has 1 N–H and O–H groups in total. The molecule has 190 valence electrons. The molecule has 2 aromatic heterocycles. The first-order valence-corrected chi connectivity index (χ1v) is 12.3. The second kappa shape index (κ2) is 10.3. The van der Waals surface area contributed by atoms with Crippen molar-refractivity contribution >= 4 is 23.4 Å². The van der Waals surface area contributed by atoms with Crippen LogP contribution in [0.2, 0.25) is 0 Å². The maximum Gasteiger partial charge on any atom is 0.267 e. The maximum absolute atomic E-state index is 13.6. The molecule has 5 rings (SSSR count). The fraction of sp³-hybridized carbons (Fsp3) is 0.333. The lowest BCUT2D eigenvalue weighted by atomic mass is 10.1. The molecular weight excluding hydrogens is 472 g/mol. The Balaban J connectivity index is 1.44. The summed E-state index contributed by atoms with van der Waals surface area (Å²) in [4.78, 5) is 35.2. The lowest BCUT2D eigenvalue weighted by molar-refractivity contribution is -0.116. The molecule has 10 nitrogen and oxygen atoms in total.